The molecule has 3 atom stereocenters. The first-order valence-corrected chi connectivity index (χ1v) is 5.92. The molecule has 0 aromatic carbocycles. The number of methoxy groups -OCH3 is 1. The Kier molecular flexibility index (Phi) is 5.09. The van der Waals surface area contributed by atoms with Crippen LogP contribution in [0.2, 0.25) is 0 Å². The maximum absolute atomic E-state index is 11.6. The number of carbonyl (C=O) groups is 1. The monoisotopic (exact) mass is 214 g/mol. The van der Waals surface area contributed by atoms with Crippen molar-refractivity contribution in [1.29, 1.82) is 0 Å². The van der Waals surface area contributed by atoms with E-state index in [1.165, 1.54) is 6.42 Å². The van der Waals surface area contributed by atoms with Gasteiger partial charge >= 0.3 is 5.97 Å². The van der Waals surface area contributed by atoms with E-state index >= 15 is 0 Å². The van der Waals surface area contributed by atoms with Gasteiger partial charge in [0.05, 0.1) is 12.0 Å². The first-order valence-electron chi connectivity index (χ1n) is 5.92. The van der Waals surface area contributed by atoms with Gasteiger partial charge in [0.25, 0.3) is 0 Å². The largest absolute Gasteiger partial charge is 0.459 e. The molecule has 0 N–H and O–H groups in total. The number of rotatable bonds is 4. The fourth-order valence-electron chi connectivity index (χ4n) is 1.90. The van der Waals surface area contributed by atoms with Crippen molar-refractivity contribution in [2.75, 3.05) is 7.11 Å². The van der Waals surface area contributed by atoms with Crippen molar-refractivity contribution in [2.24, 2.45) is 5.92 Å². The fourth-order valence-corrected chi connectivity index (χ4v) is 1.90. The summed E-state index contributed by atoms with van der Waals surface area (Å²) in [5.74, 6) is -0.0733. The van der Waals surface area contributed by atoms with Gasteiger partial charge in [0.2, 0.25) is 0 Å². The predicted molar refractivity (Wildman–Crippen MR) is 58.6 cm³/mol. The summed E-state index contributed by atoms with van der Waals surface area (Å²) in [6.45, 7) is 3.91. The Balaban J connectivity index is 2.44. The molecule has 3 unspecified atom stereocenters. The second-order valence-corrected chi connectivity index (χ2v) is 4.34. The summed E-state index contributed by atoms with van der Waals surface area (Å²) in [5, 5.41) is 0. The van der Waals surface area contributed by atoms with Crippen LogP contribution in [0.4, 0.5) is 0 Å². The molecule has 0 aliphatic heterocycles. The Bertz CT molecular complexity index is 203. The highest BCUT2D eigenvalue weighted by atomic mass is 16.6. The maximum Gasteiger partial charge on any atom is 0.309 e. The molecular formula is C12H22O3. The molecule has 15 heavy (non-hydrogen) atoms. The zero-order chi connectivity index (χ0) is 11.3. The Hall–Kier alpha value is -0.570. The van der Waals surface area contributed by atoms with Gasteiger partial charge in [-0.2, -0.15) is 0 Å². The number of hydrogen-bond acceptors (Lipinski definition) is 3. The normalized spacial score (nSPS) is 28.5. The zero-order valence-electron chi connectivity index (χ0n) is 9.99. The van der Waals surface area contributed by atoms with Crippen molar-refractivity contribution in [3.05, 3.63) is 0 Å². The van der Waals surface area contributed by atoms with E-state index in [0.717, 1.165) is 25.7 Å². The van der Waals surface area contributed by atoms with E-state index in [-0.39, 0.29) is 24.1 Å². The van der Waals surface area contributed by atoms with Crippen LogP contribution in [0.1, 0.15) is 46.0 Å². The number of ether oxygens (including phenoxy) is 2. The summed E-state index contributed by atoms with van der Waals surface area (Å²) in [6.07, 6.45) is 5.18. The van der Waals surface area contributed by atoms with Crippen LogP contribution in [-0.4, -0.2) is 25.3 Å². The molecule has 1 rings (SSSR count). The van der Waals surface area contributed by atoms with Gasteiger partial charge in [-0.15, -0.1) is 0 Å². The third-order valence-electron chi connectivity index (χ3n) is 3.23. The smallest absolute Gasteiger partial charge is 0.309 e. The molecule has 88 valence electrons. The minimum Gasteiger partial charge on any atom is -0.459 e. The average molecular weight is 214 g/mol. The van der Waals surface area contributed by atoms with E-state index in [1.807, 2.05) is 13.8 Å². The number of hydrogen-bond donors (Lipinski definition) is 0. The molecule has 0 amide bonds. The van der Waals surface area contributed by atoms with Crippen molar-refractivity contribution in [3.8, 4) is 0 Å². The minimum atomic E-state index is -0.0774. The van der Waals surface area contributed by atoms with Crippen molar-refractivity contribution in [1.82, 2.24) is 0 Å². The quantitative estimate of drug-likeness (QED) is 0.675. The Labute approximate surface area is 92.1 Å². The topological polar surface area (TPSA) is 35.5 Å². The molecule has 1 saturated carbocycles. The summed E-state index contributed by atoms with van der Waals surface area (Å²) in [7, 11) is 1.69. The van der Waals surface area contributed by atoms with Gasteiger partial charge in [0, 0.05) is 7.11 Å². The van der Waals surface area contributed by atoms with Gasteiger partial charge in [-0.25, -0.2) is 0 Å². The van der Waals surface area contributed by atoms with E-state index in [9.17, 15) is 4.79 Å². The molecular weight excluding hydrogens is 192 g/mol. The van der Waals surface area contributed by atoms with E-state index in [2.05, 4.69) is 0 Å². The first-order chi connectivity index (χ1) is 7.19. The summed E-state index contributed by atoms with van der Waals surface area (Å²) in [4.78, 5) is 11.6. The van der Waals surface area contributed by atoms with Crippen LogP contribution in [0.25, 0.3) is 0 Å². The van der Waals surface area contributed by atoms with Crippen LogP contribution in [0.15, 0.2) is 0 Å². The summed E-state index contributed by atoms with van der Waals surface area (Å²) < 4.78 is 10.8. The molecule has 0 spiro atoms. The molecule has 1 fully saturated rings. The summed E-state index contributed by atoms with van der Waals surface area (Å²) in [5.41, 5.74) is 0. The lowest BCUT2D eigenvalue weighted by atomic mass is 9.94. The molecule has 0 saturated heterocycles. The molecule has 0 aromatic rings. The first kappa shape index (κ1) is 12.5. The SMILES string of the molecule is CCC(C)C(=O)OC1CCCCC1OC. The number of carbonyl (C=O) groups excluding carboxylic acids is 1. The third kappa shape index (κ3) is 3.49. The van der Waals surface area contributed by atoms with E-state index < -0.39 is 0 Å². The van der Waals surface area contributed by atoms with Crippen molar-refractivity contribution in [3.63, 3.8) is 0 Å². The van der Waals surface area contributed by atoms with E-state index in [0.29, 0.717) is 0 Å². The third-order valence-corrected chi connectivity index (χ3v) is 3.23. The maximum atomic E-state index is 11.6. The highest BCUT2D eigenvalue weighted by Gasteiger charge is 2.29. The van der Waals surface area contributed by atoms with Gasteiger partial charge in [-0.3, -0.25) is 4.79 Å². The molecule has 1 aliphatic carbocycles. The Morgan fingerprint density at radius 2 is 1.93 bits per heavy atom. The Morgan fingerprint density at radius 3 is 2.47 bits per heavy atom. The van der Waals surface area contributed by atoms with Gasteiger partial charge in [0.15, 0.2) is 0 Å². The van der Waals surface area contributed by atoms with Crippen LogP contribution in [0, 0.1) is 5.92 Å². The lowest BCUT2D eigenvalue weighted by Gasteiger charge is -2.30. The van der Waals surface area contributed by atoms with Crippen LogP contribution in [0.3, 0.4) is 0 Å². The molecule has 1 aliphatic rings. The van der Waals surface area contributed by atoms with Crippen LogP contribution in [-0.2, 0) is 14.3 Å². The van der Waals surface area contributed by atoms with E-state index in [1.54, 1.807) is 7.11 Å². The highest BCUT2D eigenvalue weighted by molar-refractivity contribution is 5.72. The van der Waals surface area contributed by atoms with Crippen LogP contribution < -0.4 is 0 Å². The molecule has 3 heteroatoms. The molecule has 0 heterocycles. The van der Waals surface area contributed by atoms with Crippen molar-refractivity contribution < 1.29 is 14.3 Å². The molecule has 3 nitrogen and oxygen atoms in total. The summed E-state index contributed by atoms with van der Waals surface area (Å²) in [6, 6.07) is 0. The fraction of sp³-hybridized carbons (Fsp3) is 0.917. The molecule has 0 bridgehead atoms. The number of esters is 1. The van der Waals surface area contributed by atoms with Gasteiger partial charge in [0.1, 0.15) is 6.10 Å². The van der Waals surface area contributed by atoms with Gasteiger partial charge in [-0.1, -0.05) is 20.3 Å². The standard InChI is InChI=1S/C12H22O3/c1-4-9(2)12(13)15-11-8-6-5-7-10(11)14-3/h9-11H,4-8H2,1-3H3. The predicted octanol–water partition coefficient (Wildman–Crippen LogP) is 2.53. The molecule has 0 aromatic heterocycles. The second-order valence-electron chi connectivity index (χ2n) is 4.34. The average Bonchev–Trinajstić information content (AvgIpc) is 2.28. The lowest BCUT2D eigenvalue weighted by molar-refractivity contribution is -0.163. The lowest BCUT2D eigenvalue weighted by Crippen LogP contribution is -2.36. The minimum absolute atomic E-state index is 0.00410. The zero-order valence-corrected chi connectivity index (χ0v) is 9.99. The second kappa shape index (κ2) is 6.11. The molecule has 0 radical (unpaired) electrons. The summed E-state index contributed by atoms with van der Waals surface area (Å²) >= 11 is 0. The van der Waals surface area contributed by atoms with E-state index in [4.69, 9.17) is 9.47 Å². The van der Waals surface area contributed by atoms with Crippen molar-refractivity contribution in [2.45, 2.75) is 58.2 Å². The van der Waals surface area contributed by atoms with Gasteiger partial charge in [-0.05, 0) is 25.7 Å². The Morgan fingerprint density at radius 1 is 1.33 bits per heavy atom. The van der Waals surface area contributed by atoms with Crippen LogP contribution >= 0.6 is 0 Å². The van der Waals surface area contributed by atoms with Gasteiger partial charge < -0.3 is 9.47 Å². The van der Waals surface area contributed by atoms with Crippen LogP contribution in [0.5, 0.6) is 0 Å². The highest BCUT2D eigenvalue weighted by Crippen LogP contribution is 2.24. The van der Waals surface area contributed by atoms with Crippen molar-refractivity contribution >= 4 is 5.97 Å².